The summed E-state index contributed by atoms with van der Waals surface area (Å²) in [5.41, 5.74) is 2.64. The lowest BCUT2D eigenvalue weighted by molar-refractivity contribution is 0.0947. The Labute approximate surface area is 149 Å². The summed E-state index contributed by atoms with van der Waals surface area (Å²) in [7, 11) is 0. The number of aryl methyl sites for hydroxylation is 1. The summed E-state index contributed by atoms with van der Waals surface area (Å²) < 4.78 is 6.90. The van der Waals surface area contributed by atoms with Crippen LogP contribution in [0.25, 0.3) is 5.69 Å². The molecule has 1 aromatic carbocycles. The molecule has 24 heavy (non-hydrogen) atoms. The summed E-state index contributed by atoms with van der Waals surface area (Å²) in [4.78, 5) is 12.5. The molecule has 0 unspecified atom stereocenters. The maximum absolute atomic E-state index is 12.5. The molecule has 2 heterocycles. The van der Waals surface area contributed by atoms with Crippen molar-refractivity contribution in [3.63, 3.8) is 0 Å². The van der Waals surface area contributed by atoms with Crippen LogP contribution in [-0.2, 0) is 6.54 Å². The molecule has 0 saturated heterocycles. The van der Waals surface area contributed by atoms with Gasteiger partial charge in [0.25, 0.3) is 5.91 Å². The van der Waals surface area contributed by atoms with E-state index in [-0.39, 0.29) is 5.91 Å². The SMILES string of the molecule is Cc1nn(-c2ccc(Cl)c(Cl)c2)c(C)c1C(=O)NCc1ccco1. The molecule has 0 bridgehead atoms. The van der Waals surface area contributed by atoms with E-state index in [9.17, 15) is 4.79 Å². The van der Waals surface area contributed by atoms with Gasteiger partial charge >= 0.3 is 0 Å². The van der Waals surface area contributed by atoms with Crippen LogP contribution in [0.5, 0.6) is 0 Å². The molecule has 0 atom stereocenters. The van der Waals surface area contributed by atoms with Crippen LogP contribution in [0.1, 0.15) is 27.5 Å². The zero-order valence-corrected chi connectivity index (χ0v) is 14.6. The number of carbonyl (C=O) groups is 1. The Morgan fingerprint density at radius 3 is 2.71 bits per heavy atom. The Bertz CT molecular complexity index is 886. The topological polar surface area (TPSA) is 60.1 Å². The van der Waals surface area contributed by atoms with Crippen molar-refractivity contribution in [2.24, 2.45) is 0 Å². The van der Waals surface area contributed by atoms with Crippen molar-refractivity contribution in [1.29, 1.82) is 0 Å². The molecule has 2 aromatic heterocycles. The van der Waals surface area contributed by atoms with Gasteiger partial charge in [0, 0.05) is 0 Å². The van der Waals surface area contributed by atoms with Crippen LogP contribution >= 0.6 is 23.2 Å². The highest BCUT2D eigenvalue weighted by atomic mass is 35.5. The Morgan fingerprint density at radius 1 is 1.25 bits per heavy atom. The molecule has 7 heteroatoms. The molecule has 5 nitrogen and oxygen atoms in total. The Balaban J connectivity index is 1.88. The molecular weight excluding hydrogens is 349 g/mol. The van der Waals surface area contributed by atoms with E-state index in [1.54, 1.807) is 48.2 Å². The van der Waals surface area contributed by atoms with Gasteiger partial charge in [-0.3, -0.25) is 4.79 Å². The highest BCUT2D eigenvalue weighted by molar-refractivity contribution is 6.42. The summed E-state index contributed by atoms with van der Waals surface area (Å²) in [6, 6.07) is 8.80. The maximum atomic E-state index is 12.5. The number of hydrogen-bond donors (Lipinski definition) is 1. The van der Waals surface area contributed by atoms with Gasteiger partial charge in [0.05, 0.1) is 45.5 Å². The molecule has 3 aromatic rings. The van der Waals surface area contributed by atoms with Gasteiger partial charge in [-0.25, -0.2) is 4.68 Å². The van der Waals surface area contributed by atoms with Crippen LogP contribution in [0, 0.1) is 13.8 Å². The number of aromatic nitrogens is 2. The van der Waals surface area contributed by atoms with E-state index in [1.165, 1.54) is 0 Å². The highest BCUT2D eigenvalue weighted by Crippen LogP contribution is 2.26. The molecule has 124 valence electrons. The number of hydrogen-bond acceptors (Lipinski definition) is 3. The Hall–Kier alpha value is -2.24. The van der Waals surface area contributed by atoms with Gasteiger partial charge in [-0.2, -0.15) is 5.10 Å². The number of amides is 1. The van der Waals surface area contributed by atoms with E-state index in [0.717, 1.165) is 11.4 Å². The molecule has 0 spiro atoms. The van der Waals surface area contributed by atoms with Gasteiger partial charge in [0.1, 0.15) is 5.76 Å². The molecule has 0 fully saturated rings. The van der Waals surface area contributed by atoms with Crippen LogP contribution < -0.4 is 5.32 Å². The Kier molecular flexibility index (Phi) is 4.64. The molecule has 3 rings (SSSR count). The minimum atomic E-state index is -0.201. The minimum absolute atomic E-state index is 0.201. The van der Waals surface area contributed by atoms with Crippen molar-refractivity contribution < 1.29 is 9.21 Å². The lowest BCUT2D eigenvalue weighted by Crippen LogP contribution is -2.23. The number of nitrogens with one attached hydrogen (secondary N) is 1. The van der Waals surface area contributed by atoms with E-state index in [1.807, 2.05) is 6.92 Å². The number of furan rings is 1. The molecule has 0 aliphatic carbocycles. The van der Waals surface area contributed by atoms with Crippen LogP contribution in [0.4, 0.5) is 0 Å². The second kappa shape index (κ2) is 6.71. The average molecular weight is 364 g/mol. The fourth-order valence-electron chi connectivity index (χ4n) is 2.51. The second-order valence-electron chi connectivity index (χ2n) is 5.32. The van der Waals surface area contributed by atoms with E-state index in [0.29, 0.717) is 33.6 Å². The van der Waals surface area contributed by atoms with Crippen LogP contribution in [0.2, 0.25) is 10.0 Å². The average Bonchev–Trinajstić information content (AvgIpc) is 3.16. The highest BCUT2D eigenvalue weighted by Gasteiger charge is 2.19. The predicted molar refractivity (Wildman–Crippen MR) is 92.9 cm³/mol. The molecule has 0 aliphatic heterocycles. The molecule has 0 aliphatic rings. The van der Waals surface area contributed by atoms with Gasteiger partial charge in [-0.05, 0) is 44.2 Å². The first kappa shape index (κ1) is 16.6. The summed E-state index contributed by atoms with van der Waals surface area (Å²) in [5.74, 6) is 0.489. The standard InChI is InChI=1S/C17H15Cl2N3O2/c1-10-16(17(23)20-9-13-4-3-7-24-13)11(2)22(21-10)12-5-6-14(18)15(19)8-12/h3-8H,9H2,1-2H3,(H,20,23). The molecule has 1 N–H and O–H groups in total. The minimum Gasteiger partial charge on any atom is -0.467 e. The third kappa shape index (κ3) is 3.18. The number of rotatable bonds is 4. The first-order chi connectivity index (χ1) is 11.5. The van der Waals surface area contributed by atoms with Crippen molar-refractivity contribution in [2.75, 3.05) is 0 Å². The zero-order valence-electron chi connectivity index (χ0n) is 13.1. The van der Waals surface area contributed by atoms with Crippen LogP contribution in [0.15, 0.2) is 41.0 Å². The van der Waals surface area contributed by atoms with E-state index < -0.39 is 0 Å². The van der Waals surface area contributed by atoms with Crippen molar-refractivity contribution in [1.82, 2.24) is 15.1 Å². The van der Waals surface area contributed by atoms with Crippen molar-refractivity contribution in [3.05, 3.63) is 69.4 Å². The summed E-state index contributed by atoms with van der Waals surface area (Å²) in [5, 5.41) is 8.19. The summed E-state index contributed by atoms with van der Waals surface area (Å²) in [6.07, 6.45) is 1.57. The van der Waals surface area contributed by atoms with E-state index in [4.69, 9.17) is 27.6 Å². The smallest absolute Gasteiger partial charge is 0.255 e. The summed E-state index contributed by atoms with van der Waals surface area (Å²) >= 11 is 12.0. The molecule has 0 radical (unpaired) electrons. The lowest BCUT2D eigenvalue weighted by Gasteiger charge is -2.07. The van der Waals surface area contributed by atoms with Gasteiger partial charge in [-0.15, -0.1) is 0 Å². The quantitative estimate of drug-likeness (QED) is 0.750. The van der Waals surface area contributed by atoms with Gasteiger partial charge < -0.3 is 9.73 Å². The normalized spacial score (nSPS) is 10.8. The third-order valence-corrected chi connectivity index (χ3v) is 4.41. The molecule has 0 saturated carbocycles. The number of benzene rings is 1. The largest absolute Gasteiger partial charge is 0.467 e. The van der Waals surface area contributed by atoms with Gasteiger partial charge in [0.15, 0.2) is 0 Å². The van der Waals surface area contributed by atoms with Crippen molar-refractivity contribution in [2.45, 2.75) is 20.4 Å². The molecule has 1 amide bonds. The fraction of sp³-hybridized carbons (Fsp3) is 0.176. The second-order valence-corrected chi connectivity index (χ2v) is 6.13. The number of nitrogens with zero attached hydrogens (tertiary/aromatic N) is 2. The van der Waals surface area contributed by atoms with E-state index in [2.05, 4.69) is 10.4 Å². The van der Waals surface area contributed by atoms with Crippen LogP contribution in [0.3, 0.4) is 0 Å². The maximum Gasteiger partial charge on any atom is 0.255 e. The summed E-state index contributed by atoms with van der Waals surface area (Å²) in [6.45, 7) is 3.95. The zero-order chi connectivity index (χ0) is 17.3. The Morgan fingerprint density at radius 2 is 2.04 bits per heavy atom. The molecular formula is C17H15Cl2N3O2. The first-order valence-electron chi connectivity index (χ1n) is 7.29. The van der Waals surface area contributed by atoms with Gasteiger partial charge in [-0.1, -0.05) is 23.2 Å². The number of carbonyl (C=O) groups excluding carboxylic acids is 1. The number of halogens is 2. The fourth-order valence-corrected chi connectivity index (χ4v) is 2.80. The third-order valence-electron chi connectivity index (χ3n) is 3.67. The first-order valence-corrected chi connectivity index (χ1v) is 8.05. The predicted octanol–water partition coefficient (Wildman–Crippen LogP) is 4.32. The van der Waals surface area contributed by atoms with Crippen LogP contribution in [-0.4, -0.2) is 15.7 Å². The van der Waals surface area contributed by atoms with Crippen molar-refractivity contribution in [3.8, 4) is 5.69 Å². The monoisotopic (exact) mass is 363 g/mol. The lowest BCUT2D eigenvalue weighted by atomic mass is 10.2. The van der Waals surface area contributed by atoms with Crippen molar-refractivity contribution >= 4 is 29.1 Å². The van der Waals surface area contributed by atoms with E-state index >= 15 is 0 Å². The van der Waals surface area contributed by atoms with Gasteiger partial charge in [0.2, 0.25) is 0 Å².